The molecule has 0 fully saturated rings. The average molecular weight is 211 g/mol. The third kappa shape index (κ3) is 1.44. The summed E-state index contributed by atoms with van der Waals surface area (Å²) in [6.45, 7) is 4.05. The molecular weight excluding hydrogens is 200 g/mol. The van der Waals surface area contributed by atoms with Gasteiger partial charge in [0.2, 0.25) is 0 Å². The number of nitrogen functional groups attached to an aromatic ring is 1. The number of hydrogen-bond acceptors (Lipinski definition) is 3. The van der Waals surface area contributed by atoms with Crippen LogP contribution in [0.4, 0.5) is 5.69 Å². The predicted octanol–water partition coefficient (Wildman–Crippen LogP) is 3.19. The average Bonchev–Trinajstić information content (AvgIpc) is 2.48. The topological polar surface area (TPSA) is 52.0 Å². The second-order valence-corrected chi connectivity index (χ2v) is 3.96. The summed E-state index contributed by atoms with van der Waals surface area (Å²) in [5, 5.41) is 0.515. The van der Waals surface area contributed by atoms with Crippen molar-refractivity contribution in [3.63, 3.8) is 0 Å². The van der Waals surface area contributed by atoms with E-state index in [0.717, 1.165) is 5.52 Å². The molecule has 0 aliphatic heterocycles. The quantitative estimate of drug-likeness (QED) is 0.736. The van der Waals surface area contributed by atoms with Gasteiger partial charge in [-0.05, 0) is 6.07 Å². The maximum atomic E-state index is 5.87. The molecule has 2 rings (SSSR count). The summed E-state index contributed by atoms with van der Waals surface area (Å²) in [7, 11) is 0. The van der Waals surface area contributed by atoms with E-state index < -0.39 is 0 Å². The third-order valence-corrected chi connectivity index (χ3v) is 2.34. The number of nitrogens with zero attached hydrogens (tertiary/aromatic N) is 1. The monoisotopic (exact) mass is 210 g/mol. The highest BCUT2D eigenvalue weighted by Gasteiger charge is 2.10. The molecule has 0 atom stereocenters. The fourth-order valence-corrected chi connectivity index (χ4v) is 1.39. The SMILES string of the molecule is CC(C)c1nc2cc(Cl)c(N)cc2o1. The van der Waals surface area contributed by atoms with Crippen LogP contribution in [0, 0.1) is 0 Å². The number of benzene rings is 1. The molecule has 2 aromatic rings. The lowest BCUT2D eigenvalue weighted by molar-refractivity contribution is 0.501. The van der Waals surface area contributed by atoms with Crippen molar-refractivity contribution in [2.75, 3.05) is 5.73 Å². The lowest BCUT2D eigenvalue weighted by Crippen LogP contribution is -1.85. The van der Waals surface area contributed by atoms with Crippen LogP contribution in [0.15, 0.2) is 16.5 Å². The Morgan fingerprint density at radius 2 is 2.14 bits per heavy atom. The van der Waals surface area contributed by atoms with E-state index in [2.05, 4.69) is 4.98 Å². The van der Waals surface area contributed by atoms with Gasteiger partial charge in [0, 0.05) is 12.0 Å². The summed E-state index contributed by atoms with van der Waals surface area (Å²) in [6, 6.07) is 3.43. The zero-order valence-electron chi connectivity index (χ0n) is 8.04. The van der Waals surface area contributed by atoms with E-state index in [0.29, 0.717) is 22.2 Å². The molecule has 2 N–H and O–H groups in total. The summed E-state index contributed by atoms with van der Waals surface area (Å²) in [4.78, 5) is 4.31. The van der Waals surface area contributed by atoms with Gasteiger partial charge >= 0.3 is 0 Å². The van der Waals surface area contributed by atoms with Gasteiger partial charge in [-0.1, -0.05) is 25.4 Å². The van der Waals surface area contributed by atoms with Gasteiger partial charge in [0.1, 0.15) is 5.52 Å². The maximum absolute atomic E-state index is 5.87. The molecule has 14 heavy (non-hydrogen) atoms. The van der Waals surface area contributed by atoms with Gasteiger partial charge in [0.25, 0.3) is 0 Å². The molecule has 1 aromatic heterocycles. The second kappa shape index (κ2) is 3.17. The fraction of sp³-hybridized carbons (Fsp3) is 0.300. The lowest BCUT2D eigenvalue weighted by atomic mass is 10.2. The number of nitrogens with two attached hydrogens (primary N) is 1. The number of halogens is 1. The molecule has 4 heteroatoms. The highest BCUT2D eigenvalue weighted by molar-refractivity contribution is 6.33. The van der Waals surface area contributed by atoms with Crippen LogP contribution in [-0.2, 0) is 0 Å². The first-order valence-corrected chi connectivity index (χ1v) is 4.81. The van der Waals surface area contributed by atoms with E-state index in [4.69, 9.17) is 21.8 Å². The van der Waals surface area contributed by atoms with Gasteiger partial charge in [0.15, 0.2) is 11.5 Å². The van der Waals surface area contributed by atoms with E-state index in [1.54, 1.807) is 12.1 Å². The first-order valence-electron chi connectivity index (χ1n) is 4.43. The number of anilines is 1. The minimum absolute atomic E-state index is 0.266. The minimum atomic E-state index is 0.266. The van der Waals surface area contributed by atoms with E-state index in [9.17, 15) is 0 Å². The normalized spacial score (nSPS) is 11.4. The summed E-state index contributed by atoms with van der Waals surface area (Å²) in [6.07, 6.45) is 0. The molecular formula is C10H11ClN2O. The highest BCUT2D eigenvalue weighted by Crippen LogP contribution is 2.27. The van der Waals surface area contributed by atoms with Crippen LogP contribution in [-0.4, -0.2) is 4.98 Å². The minimum Gasteiger partial charge on any atom is -0.440 e. The van der Waals surface area contributed by atoms with Gasteiger partial charge in [-0.25, -0.2) is 4.98 Å². The van der Waals surface area contributed by atoms with Gasteiger partial charge in [-0.15, -0.1) is 0 Å². The van der Waals surface area contributed by atoms with Gasteiger partial charge in [-0.3, -0.25) is 0 Å². The molecule has 3 nitrogen and oxygen atoms in total. The van der Waals surface area contributed by atoms with Crippen molar-refractivity contribution in [1.29, 1.82) is 0 Å². The van der Waals surface area contributed by atoms with E-state index >= 15 is 0 Å². The lowest BCUT2D eigenvalue weighted by Gasteiger charge is -1.94. The Morgan fingerprint density at radius 3 is 2.79 bits per heavy atom. The van der Waals surface area contributed by atoms with Crippen molar-refractivity contribution in [3.05, 3.63) is 23.0 Å². The number of oxazole rings is 1. The summed E-state index contributed by atoms with van der Waals surface area (Å²) < 4.78 is 5.52. The largest absolute Gasteiger partial charge is 0.440 e. The summed E-state index contributed by atoms with van der Waals surface area (Å²) in [5.41, 5.74) is 7.62. The summed E-state index contributed by atoms with van der Waals surface area (Å²) >= 11 is 5.87. The maximum Gasteiger partial charge on any atom is 0.198 e. The predicted molar refractivity (Wildman–Crippen MR) is 57.5 cm³/mol. The first-order chi connectivity index (χ1) is 6.58. The van der Waals surface area contributed by atoms with Crippen molar-refractivity contribution < 1.29 is 4.42 Å². The van der Waals surface area contributed by atoms with Gasteiger partial charge in [0.05, 0.1) is 10.7 Å². The molecule has 0 amide bonds. The third-order valence-electron chi connectivity index (χ3n) is 2.02. The van der Waals surface area contributed by atoms with E-state index in [-0.39, 0.29) is 5.92 Å². The summed E-state index contributed by atoms with van der Waals surface area (Å²) in [5.74, 6) is 0.976. The zero-order chi connectivity index (χ0) is 10.3. The second-order valence-electron chi connectivity index (χ2n) is 3.55. The molecule has 1 heterocycles. The molecule has 0 spiro atoms. The fourth-order valence-electron chi connectivity index (χ4n) is 1.23. The number of fused-ring (bicyclic) bond motifs is 1. The van der Waals surface area contributed by atoms with Crippen molar-refractivity contribution in [2.24, 2.45) is 0 Å². The number of aromatic nitrogens is 1. The van der Waals surface area contributed by atoms with Crippen LogP contribution in [0.1, 0.15) is 25.7 Å². The van der Waals surface area contributed by atoms with E-state index in [1.165, 1.54) is 0 Å². The molecule has 0 saturated heterocycles. The molecule has 1 aromatic carbocycles. The molecule has 0 aliphatic rings. The van der Waals surface area contributed by atoms with Crippen LogP contribution in [0.2, 0.25) is 5.02 Å². The molecule has 0 bridgehead atoms. The van der Waals surface area contributed by atoms with Crippen LogP contribution in [0.5, 0.6) is 0 Å². The molecule has 0 unspecified atom stereocenters. The Kier molecular flexibility index (Phi) is 2.11. The van der Waals surface area contributed by atoms with Gasteiger partial charge < -0.3 is 10.2 Å². The van der Waals surface area contributed by atoms with Crippen LogP contribution in [0.3, 0.4) is 0 Å². The zero-order valence-corrected chi connectivity index (χ0v) is 8.80. The number of rotatable bonds is 1. The van der Waals surface area contributed by atoms with Crippen LogP contribution in [0.25, 0.3) is 11.1 Å². The standard InChI is InChI=1S/C10H11ClN2O/c1-5(2)10-13-8-3-6(11)7(12)4-9(8)14-10/h3-5H,12H2,1-2H3. The highest BCUT2D eigenvalue weighted by atomic mass is 35.5. The Labute approximate surface area is 86.9 Å². The molecule has 0 saturated carbocycles. The van der Waals surface area contributed by atoms with Crippen molar-refractivity contribution in [2.45, 2.75) is 19.8 Å². The molecule has 74 valence electrons. The van der Waals surface area contributed by atoms with Gasteiger partial charge in [-0.2, -0.15) is 0 Å². The van der Waals surface area contributed by atoms with Crippen molar-refractivity contribution in [3.8, 4) is 0 Å². The smallest absolute Gasteiger partial charge is 0.198 e. The van der Waals surface area contributed by atoms with Crippen LogP contribution < -0.4 is 5.73 Å². The van der Waals surface area contributed by atoms with Crippen molar-refractivity contribution >= 4 is 28.4 Å². The Balaban J connectivity index is 2.66. The Bertz CT molecular complexity index is 437. The van der Waals surface area contributed by atoms with Crippen molar-refractivity contribution in [1.82, 2.24) is 4.98 Å². The molecule has 0 radical (unpaired) electrons. The first kappa shape index (κ1) is 9.34. The Morgan fingerprint density at radius 1 is 1.43 bits per heavy atom. The van der Waals surface area contributed by atoms with E-state index in [1.807, 2.05) is 13.8 Å². The Hall–Kier alpha value is -1.22. The molecule has 0 aliphatic carbocycles. The number of hydrogen-bond donors (Lipinski definition) is 1. The van der Waals surface area contributed by atoms with Crippen LogP contribution >= 0.6 is 11.6 Å².